The van der Waals surface area contributed by atoms with Crippen LogP contribution in [0.1, 0.15) is 64.2 Å². The van der Waals surface area contributed by atoms with Crippen LogP contribution in [0, 0.1) is 29.6 Å². The average Bonchev–Trinajstić information content (AvgIpc) is 2.66. The molecule has 6 fully saturated rings. The normalized spacial score (nSPS) is 44.4. The van der Waals surface area contributed by atoms with Crippen LogP contribution in [0.25, 0.3) is 0 Å². The minimum Gasteiger partial charge on any atom is -0.481 e. The molecule has 1 heterocycles. The van der Waals surface area contributed by atoms with Crippen LogP contribution in [0.5, 0.6) is 0 Å². The molecule has 0 aromatic heterocycles. The Hall–Kier alpha value is -1.10. The highest BCUT2D eigenvalue weighted by atomic mass is 16.4. The zero-order valence-corrected chi connectivity index (χ0v) is 16.4. The number of carboxylic acid groups (broad SMARTS) is 1. The highest BCUT2D eigenvalue weighted by Gasteiger charge is 2.54. The number of piperazine rings is 1. The number of aliphatic carboxylic acids is 1. The predicted octanol–water partition coefficient (Wildman–Crippen LogP) is 2.99. The van der Waals surface area contributed by atoms with Gasteiger partial charge in [0, 0.05) is 31.7 Å². The molecule has 4 bridgehead atoms. The fraction of sp³-hybridized carbons (Fsp3) is 0.909. The number of rotatable bonds is 3. The fourth-order valence-corrected chi connectivity index (χ4v) is 7.81. The van der Waals surface area contributed by atoms with Crippen molar-refractivity contribution >= 4 is 11.9 Å². The molecule has 0 radical (unpaired) electrons. The molecule has 6 aliphatic rings. The van der Waals surface area contributed by atoms with Gasteiger partial charge in [0.05, 0.1) is 11.8 Å². The Labute approximate surface area is 162 Å². The molecule has 150 valence electrons. The summed E-state index contributed by atoms with van der Waals surface area (Å²) in [5.74, 6) is 1.45. The Morgan fingerprint density at radius 3 is 1.81 bits per heavy atom. The second-order valence-electron chi connectivity index (χ2n) is 10.3. The maximum absolute atomic E-state index is 13.1. The first kappa shape index (κ1) is 18.0. The summed E-state index contributed by atoms with van der Waals surface area (Å²) in [5.41, 5.74) is 0.429. The summed E-state index contributed by atoms with van der Waals surface area (Å²) in [4.78, 5) is 29.4. The van der Waals surface area contributed by atoms with Gasteiger partial charge in [-0.1, -0.05) is 12.8 Å². The van der Waals surface area contributed by atoms with Crippen LogP contribution in [0.2, 0.25) is 0 Å². The van der Waals surface area contributed by atoms with Gasteiger partial charge in [-0.15, -0.1) is 0 Å². The van der Waals surface area contributed by atoms with Crippen molar-refractivity contribution in [2.24, 2.45) is 29.6 Å². The lowest BCUT2D eigenvalue weighted by molar-refractivity contribution is -0.154. The van der Waals surface area contributed by atoms with Gasteiger partial charge in [0.1, 0.15) is 0 Å². The van der Waals surface area contributed by atoms with Gasteiger partial charge in [0.2, 0.25) is 5.91 Å². The molecule has 1 aliphatic heterocycles. The average molecular weight is 375 g/mol. The van der Waals surface area contributed by atoms with Crippen LogP contribution in [0.15, 0.2) is 0 Å². The number of amides is 1. The zero-order chi connectivity index (χ0) is 18.6. The molecule has 0 spiro atoms. The highest BCUT2D eigenvalue weighted by molar-refractivity contribution is 5.85. The molecule has 5 heteroatoms. The van der Waals surface area contributed by atoms with E-state index in [1.54, 1.807) is 0 Å². The quantitative estimate of drug-likeness (QED) is 0.825. The second-order valence-corrected chi connectivity index (χ2v) is 10.3. The van der Waals surface area contributed by atoms with E-state index in [1.807, 2.05) is 4.90 Å². The summed E-state index contributed by atoms with van der Waals surface area (Å²) in [6, 6.07) is 0. The summed E-state index contributed by atoms with van der Waals surface area (Å²) in [6.07, 6.45) is 11.9. The lowest BCUT2D eigenvalue weighted by atomic mass is 9.52. The standard InChI is InChI=1S/C22H34N2O3/c25-20(18-3-1-2-4-19(18)21(26)27)23-5-7-24(8-6-23)22-12-15-9-16(13-22)11-17(10-15)14-22/h15-19H,1-14H2,(H,26,27)/t15?,16?,17?,18-,19-,22?/m0/s1. The van der Waals surface area contributed by atoms with Gasteiger partial charge in [-0.2, -0.15) is 0 Å². The van der Waals surface area contributed by atoms with Crippen molar-refractivity contribution in [2.75, 3.05) is 26.2 Å². The Balaban J connectivity index is 1.23. The van der Waals surface area contributed by atoms with Crippen LogP contribution in [0.4, 0.5) is 0 Å². The van der Waals surface area contributed by atoms with E-state index in [0.29, 0.717) is 12.0 Å². The van der Waals surface area contributed by atoms with E-state index in [2.05, 4.69) is 4.90 Å². The lowest BCUT2D eigenvalue weighted by Gasteiger charge is -2.61. The third-order valence-corrected chi connectivity index (χ3v) is 8.67. The van der Waals surface area contributed by atoms with Crippen LogP contribution in [0.3, 0.4) is 0 Å². The second kappa shape index (κ2) is 6.75. The molecular formula is C22H34N2O3. The molecule has 0 aromatic rings. The minimum atomic E-state index is -0.778. The van der Waals surface area contributed by atoms with Crippen LogP contribution in [-0.2, 0) is 9.59 Å². The highest BCUT2D eigenvalue weighted by Crippen LogP contribution is 2.57. The monoisotopic (exact) mass is 374 g/mol. The molecule has 1 saturated heterocycles. The minimum absolute atomic E-state index is 0.118. The Morgan fingerprint density at radius 1 is 0.778 bits per heavy atom. The van der Waals surface area contributed by atoms with Gasteiger partial charge < -0.3 is 10.0 Å². The first-order chi connectivity index (χ1) is 13.0. The maximum Gasteiger partial charge on any atom is 0.307 e. The Bertz CT molecular complexity index is 575. The summed E-state index contributed by atoms with van der Waals surface area (Å²) < 4.78 is 0. The number of carbonyl (C=O) groups is 2. The first-order valence-electron chi connectivity index (χ1n) is 11.3. The van der Waals surface area contributed by atoms with Crippen molar-refractivity contribution < 1.29 is 14.7 Å². The summed E-state index contributed by atoms with van der Waals surface area (Å²) in [5, 5.41) is 9.52. The number of carboxylic acids is 1. The molecule has 0 aromatic carbocycles. The molecule has 0 unspecified atom stereocenters. The molecule has 6 rings (SSSR count). The smallest absolute Gasteiger partial charge is 0.307 e. The summed E-state index contributed by atoms with van der Waals surface area (Å²) >= 11 is 0. The fourth-order valence-electron chi connectivity index (χ4n) is 7.81. The van der Waals surface area contributed by atoms with Crippen molar-refractivity contribution in [2.45, 2.75) is 69.7 Å². The van der Waals surface area contributed by atoms with E-state index in [4.69, 9.17) is 0 Å². The van der Waals surface area contributed by atoms with Crippen molar-refractivity contribution in [3.63, 3.8) is 0 Å². The molecule has 2 atom stereocenters. The van der Waals surface area contributed by atoms with Crippen LogP contribution in [-0.4, -0.2) is 58.5 Å². The third-order valence-electron chi connectivity index (χ3n) is 8.67. The van der Waals surface area contributed by atoms with Crippen molar-refractivity contribution in [1.29, 1.82) is 0 Å². The molecule has 1 N–H and O–H groups in total. The molecule has 5 saturated carbocycles. The van der Waals surface area contributed by atoms with E-state index < -0.39 is 11.9 Å². The van der Waals surface area contributed by atoms with Gasteiger partial charge in [-0.05, 0) is 69.1 Å². The van der Waals surface area contributed by atoms with E-state index in [1.165, 1.54) is 38.5 Å². The molecule has 5 nitrogen and oxygen atoms in total. The van der Waals surface area contributed by atoms with Crippen LogP contribution < -0.4 is 0 Å². The van der Waals surface area contributed by atoms with E-state index in [9.17, 15) is 14.7 Å². The zero-order valence-electron chi connectivity index (χ0n) is 16.4. The van der Waals surface area contributed by atoms with Gasteiger partial charge in [-0.25, -0.2) is 0 Å². The molecular weight excluding hydrogens is 340 g/mol. The van der Waals surface area contributed by atoms with Crippen LogP contribution >= 0.6 is 0 Å². The summed E-state index contributed by atoms with van der Waals surface area (Å²) in [6.45, 7) is 3.57. The van der Waals surface area contributed by atoms with Gasteiger partial charge in [-0.3, -0.25) is 14.5 Å². The van der Waals surface area contributed by atoms with Gasteiger partial charge in [0.25, 0.3) is 0 Å². The van der Waals surface area contributed by atoms with Gasteiger partial charge in [0.15, 0.2) is 0 Å². The van der Waals surface area contributed by atoms with Gasteiger partial charge >= 0.3 is 5.97 Å². The third kappa shape index (κ3) is 3.10. The van der Waals surface area contributed by atoms with E-state index in [-0.39, 0.29) is 11.8 Å². The molecule has 5 aliphatic carbocycles. The maximum atomic E-state index is 13.1. The van der Waals surface area contributed by atoms with E-state index >= 15 is 0 Å². The molecule has 1 amide bonds. The summed E-state index contributed by atoms with van der Waals surface area (Å²) in [7, 11) is 0. The number of hydrogen-bond acceptors (Lipinski definition) is 3. The van der Waals surface area contributed by atoms with E-state index in [0.717, 1.165) is 63.2 Å². The van der Waals surface area contributed by atoms with Crippen molar-refractivity contribution in [3.8, 4) is 0 Å². The Kier molecular flexibility index (Phi) is 4.49. The lowest BCUT2D eigenvalue weighted by Crippen LogP contribution is -2.64. The largest absolute Gasteiger partial charge is 0.481 e. The van der Waals surface area contributed by atoms with Crippen molar-refractivity contribution in [3.05, 3.63) is 0 Å². The number of nitrogens with zero attached hydrogens (tertiary/aromatic N) is 2. The van der Waals surface area contributed by atoms with Crippen molar-refractivity contribution in [1.82, 2.24) is 9.80 Å². The number of carbonyl (C=O) groups excluding carboxylic acids is 1. The topological polar surface area (TPSA) is 60.9 Å². The Morgan fingerprint density at radius 2 is 1.30 bits per heavy atom. The first-order valence-corrected chi connectivity index (χ1v) is 11.3. The predicted molar refractivity (Wildman–Crippen MR) is 102 cm³/mol. The SMILES string of the molecule is O=C(O)[C@H]1CCCC[C@@H]1C(=O)N1CCN(C23CC4CC(CC(C4)C2)C3)CC1. The number of hydrogen-bond donors (Lipinski definition) is 1. The molecule has 27 heavy (non-hydrogen) atoms.